The largest absolute Gasteiger partial charge is 0.486 e. The van der Waals surface area contributed by atoms with E-state index < -0.39 is 0 Å². The molecule has 32 heavy (non-hydrogen) atoms. The van der Waals surface area contributed by atoms with E-state index in [2.05, 4.69) is 28.2 Å². The fourth-order valence-corrected chi connectivity index (χ4v) is 4.81. The number of fused-ring (bicyclic) bond motifs is 2. The van der Waals surface area contributed by atoms with Crippen molar-refractivity contribution in [3.63, 3.8) is 0 Å². The monoisotopic (exact) mass is 464 g/mol. The number of nitrogens with zero attached hydrogens (tertiary/aromatic N) is 1. The SMILES string of the molecule is O=C(CSc1cn(Cc2ccccc2Cl)c2ccccc12)Nc1ccc2c(c1)OCCO2. The van der Waals surface area contributed by atoms with Gasteiger partial charge in [0.25, 0.3) is 0 Å². The molecule has 0 atom stereocenters. The van der Waals surface area contributed by atoms with E-state index >= 15 is 0 Å². The zero-order valence-electron chi connectivity index (χ0n) is 17.2. The highest BCUT2D eigenvalue weighted by atomic mass is 35.5. The topological polar surface area (TPSA) is 52.5 Å². The predicted octanol–water partition coefficient (Wildman–Crippen LogP) is 5.85. The Labute approximate surface area is 195 Å². The van der Waals surface area contributed by atoms with Crippen molar-refractivity contribution >= 4 is 45.9 Å². The number of halogens is 1. The van der Waals surface area contributed by atoms with Crippen LogP contribution in [-0.2, 0) is 11.3 Å². The summed E-state index contributed by atoms with van der Waals surface area (Å²) in [5, 5.41) is 4.82. The molecule has 0 unspecified atom stereocenters. The van der Waals surface area contributed by atoms with Crippen LogP contribution in [0.5, 0.6) is 11.5 Å². The van der Waals surface area contributed by atoms with E-state index in [0.29, 0.717) is 42.7 Å². The molecule has 0 saturated carbocycles. The van der Waals surface area contributed by atoms with Gasteiger partial charge < -0.3 is 19.4 Å². The van der Waals surface area contributed by atoms with Crippen LogP contribution in [0.3, 0.4) is 0 Å². The Morgan fingerprint density at radius 1 is 1.00 bits per heavy atom. The van der Waals surface area contributed by atoms with Crippen molar-refractivity contribution in [3.8, 4) is 11.5 Å². The first-order valence-electron chi connectivity index (χ1n) is 10.3. The second-order valence-corrected chi connectivity index (χ2v) is 8.85. The number of carbonyl (C=O) groups excluding carboxylic acids is 1. The molecule has 4 aromatic rings. The molecule has 162 valence electrons. The summed E-state index contributed by atoms with van der Waals surface area (Å²) in [7, 11) is 0. The number of ether oxygens (including phenoxy) is 2. The summed E-state index contributed by atoms with van der Waals surface area (Å²) in [6.45, 7) is 1.72. The van der Waals surface area contributed by atoms with Crippen LogP contribution in [-0.4, -0.2) is 29.4 Å². The summed E-state index contributed by atoms with van der Waals surface area (Å²) in [6.07, 6.45) is 2.09. The van der Waals surface area contributed by atoms with Crippen molar-refractivity contribution in [1.29, 1.82) is 0 Å². The van der Waals surface area contributed by atoms with Crippen LogP contribution in [0.4, 0.5) is 5.69 Å². The number of nitrogens with one attached hydrogen (secondary N) is 1. The van der Waals surface area contributed by atoms with Crippen molar-refractivity contribution in [3.05, 3.63) is 83.5 Å². The van der Waals surface area contributed by atoms with Gasteiger partial charge in [-0.25, -0.2) is 0 Å². The second-order valence-electron chi connectivity index (χ2n) is 7.43. The van der Waals surface area contributed by atoms with Gasteiger partial charge in [-0.15, -0.1) is 11.8 Å². The standard InChI is InChI=1S/C25H21ClN2O3S/c26-20-7-3-1-5-17(20)14-28-15-24(19-6-2-4-8-21(19)28)32-16-25(29)27-18-9-10-22-23(13-18)31-12-11-30-22/h1-10,13,15H,11-12,14,16H2,(H,27,29). The third-order valence-electron chi connectivity index (χ3n) is 5.24. The molecule has 0 fully saturated rings. The van der Waals surface area contributed by atoms with E-state index in [4.69, 9.17) is 21.1 Å². The first kappa shape index (κ1) is 20.8. The van der Waals surface area contributed by atoms with Crippen LogP contribution >= 0.6 is 23.4 Å². The minimum Gasteiger partial charge on any atom is -0.486 e. The number of hydrogen-bond acceptors (Lipinski definition) is 4. The van der Waals surface area contributed by atoms with Gasteiger partial charge in [0.2, 0.25) is 5.91 Å². The van der Waals surface area contributed by atoms with Gasteiger partial charge in [-0.1, -0.05) is 48.0 Å². The Hall–Kier alpha value is -3.09. The second kappa shape index (κ2) is 9.18. The van der Waals surface area contributed by atoms with Gasteiger partial charge in [0.05, 0.1) is 5.75 Å². The van der Waals surface area contributed by atoms with Crippen LogP contribution in [0, 0.1) is 0 Å². The smallest absolute Gasteiger partial charge is 0.234 e. The van der Waals surface area contributed by atoms with E-state index in [0.717, 1.165) is 26.4 Å². The molecule has 1 amide bonds. The normalized spacial score (nSPS) is 12.7. The Kier molecular flexibility index (Phi) is 5.97. The van der Waals surface area contributed by atoms with Crippen molar-refractivity contribution in [2.75, 3.05) is 24.3 Å². The van der Waals surface area contributed by atoms with Crippen LogP contribution in [0.1, 0.15) is 5.56 Å². The Bertz CT molecular complexity index is 1290. The lowest BCUT2D eigenvalue weighted by molar-refractivity contribution is -0.113. The molecule has 2 heterocycles. The maximum absolute atomic E-state index is 12.6. The van der Waals surface area contributed by atoms with Crippen LogP contribution in [0.2, 0.25) is 5.02 Å². The number of amides is 1. The average Bonchev–Trinajstić information content (AvgIpc) is 3.17. The van der Waals surface area contributed by atoms with E-state index in [-0.39, 0.29) is 5.91 Å². The minimum absolute atomic E-state index is 0.0744. The van der Waals surface area contributed by atoms with Gasteiger partial charge in [-0.3, -0.25) is 4.79 Å². The average molecular weight is 465 g/mol. The third-order valence-corrected chi connectivity index (χ3v) is 6.65. The summed E-state index contributed by atoms with van der Waals surface area (Å²) < 4.78 is 13.3. The van der Waals surface area contributed by atoms with Gasteiger partial charge in [-0.05, 0) is 29.8 Å². The first-order chi connectivity index (χ1) is 15.7. The fraction of sp³-hybridized carbons (Fsp3) is 0.160. The molecule has 0 radical (unpaired) electrons. The molecular formula is C25H21ClN2O3S. The van der Waals surface area contributed by atoms with Crippen molar-refractivity contribution in [1.82, 2.24) is 4.57 Å². The van der Waals surface area contributed by atoms with E-state index in [1.54, 1.807) is 6.07 Å². The highest BCUT2D eigenvalue weighted by molar-refractivity contribution is 8.00. The summed E-state index contributed by atoms with van der Waals surface area (Å²) in [4.78, 5) is 13.7. The molecule has 5 nitrogen and oxygen atoms in total. The van der Waals surface area contributed by atoms with Gasteiger partial charge in [0.15, 0.2) is 11.5 Å². The van der Waals surface area contributed by atoms with E-state index in [1.165, 1.54) is 11.8 Å². The highest BCUT2D eigenvalue weighted by Gasteiger charge is 2.14. The molecular weight excluding hydrogens is 444 g/mol. The zero-order valence-corrected chi connectivity index (χ0v) is 18.8. The maximum atomic E-state index is 12.6. The predicted molar refractivity (Wildman–Crippen MR) is 129 cm³/mol. The number of rotatable bonds is 6. The lowest BCUT2D eigenvalue weighted by Gasteiger charge is -2.19. The quantitative estimate of drug-likeness (QED) is 0.364. The molecule has 5 rings (SSSR count). The number of anilines is 1. The molecule has 1 aliphatic rings. The molecule has 0 saturated heterocycles. The van der Waals surface area contributed by atoms with E-state index in [1.807, 2.05) is 48.5 Å². The number of thioether (sulfide) groups is 1. The molecule has 1 N–H and O–H groups in total. The van der Waals surface area contributed by atoms with Crippen molar-refractivity contribution < 1.29 is 14.3 Å². The number of carbonyl (C=O) groups is 1. The first-order valence-corrected chi connectivity index (χ1v) is 11.7. The maximum Gasteiger partial charge on any atom is 0.234 e. The molecule has 3 aromatic carbocycles. The van der Waals surface area contributed by atoms with Gasteiger partial charge in [0.1, 0.15) is 13.2 Å². The Morgan fingerprint density at radius 2 is 1.78 bits per heavy atom. The number of benzene rings is 3. The molecule has 0 bridgehead atoms. The summed E-state index contributed by atoms with van der Waals surface area (Å²) in [6, 6.07) is 21.5. The van der Waals surface area contributed by atoms with E-state index in [9.17, 15) is 4.79 Å². The third kappa shape index (κ3) is 4.42. The van der Waals surface area contributed by atoms with Gasteiger partial charge in [0, 0.05) is 45.3 Å². The number of aromatic nitrogens is 1. The van der Waals surface area contributed by atoms with Crippen LogP contribution < -0.4 is 14.8 Å². The highest BCUT2D eigenvalue weighted by Crippen LogP contribution is 2.34. The number of para-hydroxylation sites is 1. The van der Waals surface area contributed by atoms with Crippen molar-refractivity contribution in [2.24, 2.45) is 0 Å². The fourth-order valence-electron chi connectivity index (χ4n) is 3.73. The molecule has 0 spiro atoms. The van der Waals surface area contributed by atoms with Crippen LogP contribution in [0.25, 0.3) is 10.9 Å². The molecule has 1 aromatic heterocycles. The Morgan fingerprint density at radius 3 is 2.66 bits per heavy atom. The minimum atomic E-state index is -0.0744. The lowest BCUT2D eigenvalue weighted by atomic mass is 10.2. The lowest BCUT2D eigenvalue weighted by Crippen LogP contribution is -2.17. The van der Waals surface area contributed by atoms with Gasteiger partial charge in [-0.2, -0.15) is 0 Å². The van der Waals surface area contributed by atoms with Crippen LogP contribution in [0.15, 0.2) is 77.8 Å². The summed E-state index contributed by atoms with van der Waals surface area (Å²) in [5.41, 5.74) is 2.87. The van der Waals surface area contributed by atoms with Crippen molar-refractivity contribution in [2.45, 2.75) is 11.4 Å². The molecule has 7 heteroatoms. The van der Waals surface area contributed by atoms with Gasteiger partial charge >= 0.3 is 0 Å². The summed E-state index contributed by atoms with van der Waals surface area (Å²) >= 11 is 7.89. The molecule has 0 aliphatic carbocycles. The zero-order chi connectivity index (χ0) is 21.9. The Balaban J connectivity index is 1.30. The molecule has 1 aliphatic heterocycles. The number of hydrogen-bond donors (Lipinski definition) is 1. The summed E-state index contributed by atoms with van der Waals surface area (Å²) in [5.74, 6) is 1.59.